The van der Waals surface area contributed by atoms with Crippen LogP contribution in [-0.2, 0) is 0 Å². The fourth-order valence-corrected chi connectivity index (χ4v) is 6.91. The SMILES string of the molecule is Cc1cccc(N2c3cc4c(cc3-c3cccc5cccc2c35)c2cc(-c3ccccn3)ccc2n4-c2ccccc2)c1. The zero-order valence-electron chi connectivity index (χ0n) is 23.7. The van der Waals surface area contributed by atoms with Crippen molar-refractivity contribution in [1.82, 2.24) is 9.55 Å². The summed E-state index contributed by atoms with van der Waals surface area (Å²) in [6.07, 6.45) is 1.86. The molecule has 3 heterocycles. The number of rotatable bonds is 3. The van der Waals surface area contributed by atoms with Gasteiger partial charge in [-0.3, -0.25) is 4.98 Å². The Balaban J connectivity index is 1.43. The number of anilines is 3. The molecule has 202 valence electrons. The number of pyridine rings is 1. The molecule has 3 heteroatoms. The van der Waals surface area contributed by atoms with Gasteiger partial charge in [-0.25, -0.2) is 0 Å². The summed E-state index contributed by atoms with van der Waals surface area (Å²) in [7, 11) is 0. The number of hydrogen-bond donors (Lipinski definition) is 0. The van der Waals surface area contributed by atoms with E-state index in [4.69, 9.17) is 0 Å². The second-order valence-electron chi connectivity index (χ2n) is 11.4. The standard InChI is InChI=1S/C40H27N3/c1-26-10-7-15-30(22-26)43-37-18-9-12-27-11-8-16-31(40(27)37)33-24-34-32-23-28(35-17-5-6-21-41-35)19-20-36(32)42(39(34)25-38(33)43)29-13-3-2-4-14-29/h2-25H,1H3. The normalized spacial score (nSPS) is 12.3. The summed E-state index contributed by atoms with van der Waals surface area (Å²) in [6, 6.07) is 50.5. The van der Waals surface area contributed by atoms with Crippen LogP contribution in [0.5, 0.6) is 0 Å². The van der Waals surface area contributed by atoms with E-state index in [1.165, 1.54) is 66.3 Å². The zero-order chi connectivity index (χ0) is 28.5. The number of benzene rings is 6. The number of nitrogens with zero attached hydrogens (tertiary/aromatic N) is 3. The van der Waals surface area contributed by atoms with E-state index in [1.54, 1.807) is 0 Å². The summed E-state index contributed by atoms with van der Waals surface area (Å²) in [5.74, 6) is 0. The molecule has 0 amide bonds. The average Bonchev–Trinajstić information content (AvgIpc) is 3.37. The molecule has 1 aliphatic heterocycles. The third kappa shape index (κ3) is 3.58. The molecule has 0 fully saturated rings. The van der Waals surface area contributed by atoms with Crippen LogP contribution in [0.25, 0.3) is 60.6 Å². The van der Waals surface area contributed by atoms with Crippen molar-refractivity contribution in [2.45, 2.75) is 6.92 Å². The maximum Gasteiger partial charge on any atom is 0.0702 e. The van der Waals surface area contributed by atoms with Gasteiger partial charge in [0, 0.05) is 44.9 Å². The Bertz CT molecular complexity index is 2350. The molecule has 0 aliphatic carbocycles. The van der Waals surface area contributed by atoms with Crippen LogP contribution in [0.4, 0.5) is 17.1 Å². The highest BCUT2D eigenvalue weighted by molar-refractivity contribution is 6.19. The van der Waals surface area contributed by atoms with Crippen LogP contribution in [0.15, 0.2) is 146 Å². The number of para-hydroxylation sites is 1. The first-order valence-corrected chi connectivity index (χ1v) is 14.7. The van der Waals surface area contributed by atoms with Gasteiger partial charge in [-0.15, -0.1) is 0 Å². The highest BCUT2D eigenvalue weighted by Gasteiger charge is 2.28. The van der Waals surface area contributed by atoms with Crippen LogP contribution in [0.1, 0.15) is 5.56 Å². The number of aromatic nitrogens is 2. The summed E-state index contributed by atoms with van der Waals surface area (Å²) < 4.78 is 2.41. The molecule has 0 atom stereocenters. The lowest BCUT2D eigenvalue weighted by Crippen LogP contribution is -2.15. The molecule has 3 nitrogen and oxygen atoms in total. The minimum atomic E-state index is 0.979. The van der Waals surface area contributed by atoms with Gasteiger partial charge >= 0.3 is 0 Å². The zero-order valence-corrected chi connectivity index (χ0v) is 23.7. The van der Waals surface area contributed by atoms with Gasteiger partial charge in [-0.2, -0.15) is 0 Å². The summed E-state index contributed by atoms with van der Waals surface area (Å²) in [4.78, 5) is 7.11. The highest BCUT2D eigenvalue weighted by atomic mass is 15.2. The molecule has 43 heavy (non-hydrogen) atoms. The van der Waals surface area contributed by atoms with Gasteiger partial charge in [-0.1, -0.05) is 72.8 Å². The summed E-state index contributed by atoms with van der Waals surface area (Å²) in [5, 5.41) is 5.00. The molecule has 6 aromatic carbocycles. The molecule has 0 spiro atoms. The van der Waals surface area contributed by atoms with Gasteiger partial charge in [0.1, 0.15) is 0 Å². The first kappa shape index (κ1) is 24.0. The second kappa shape index (κ2) is 9.17. The lowest BCUT2D eigenvalue weighted by atomic mass is 9.89. The van der Waals surface area contributed by atoms with Crippen molar-refractivity contribution in [3.63, 3.8) is 0 Å². The lowest BCUT2D eigenvalue weighted by Gasteiger charge is -2.34. The molecule has 0 N–H and O–H groups in total. The van der Waals surface area contributed by atoms with Crippen LogP contribution < -0.4 is 4.90 Å². The van der Waals surface area contributed by atoms with Crippen LogP contribution in [0.2, 0.25) is 0 Å². The molecule has 8 aromatic rings. The van der Waals surface area contributed by atoms with Crippen LogP contribution in [0, 0.1) is 6.92 Å². The molecule has 1 aliphatic rings. The summed E-state index contributed by atoms with van der Waals surface area (Å²) in [6.45, 7) is 2.17. The van der Waals surface area contributed by atoms with Crippen molar-refractivity contribution in [3.05, 3.63) is 151 Å². The molecule has 0 radical (unpaired) electrons. The molecule has 0 unspecified atom stereocenters. The minimum Gasteiger partial charge on any atom is -0.309 e. The average molecular weight is 550 g/mol. The van der Waals surface area contributed by atoms with E-state index in [0.29, 0.717) is 0 Å². The van der Waals surface area contributed by atoms with Gasteiger partial charge < -0.3 is 9.47 Å². The lowest BCUT2D eigenvalue weighted by molar-refractivity contribution is 1.18. The Morgan fingerprint density at radius 1 is 0.535 bits per heavy atom. The van der Waals surface area contributed by atoms with Gasteiger partial charge in [0.2, 0.25) is 0 Å². The topological polar surface area (TPSA) is 21.1 Å². The molecular formula is C40H27N3. The molecule has 2 aromatic heterocycles. The van der Waals surface area contributed by atoms with Crippen molar-refractivity contribution in [2.24, 2.45) is 0 Å². The molecule has 9 rings (SSSR count). The van der Waals surface area contributed by atoms with Crippen LogP contribution >= 0.6 is 0 Å². The van der Waals surface area contributed by atoms with Crippen molar-refractivity contribution in [2.75, 3.05) is 4.90 Å². The molecule has 0 bridgehead atoms. The Morgan fingerprint density at radius 2 is 1.33 bits per heavy atom. The fraction of sp³-hybridized carbons (Fsp3) is 0.0250. The predicted octanol–water partition coefficient (Wildman–Crippen LogP) is 10.8. The van der Waals surface area contributed by atoms with E-state index in [9.17, 15) is 0 Å². The molecule has 0 saturated heterocycles. The van der Waals surface area contributed by atoms with E-state index in [1.807, 2.05) is 18.3 Å². The molecular weight excluding hydrogens is 522 g/mol. The minimum absolute atomic E-state index is 0.979. The van der Waals surface area contributed by atoms with Crippen LogP contribution in [0.3, 0.4) is 0 Å². The van der Waals surface area contributed by atoms with Gasteiger partial charge in [0.15, 0.2) is 0 Å². The number of hydrogen-bond acceptors (Lipinski definition) is 2. The summed E-state index contributed by atoms with van der Waals surface area (Å²) >= 11 is 0. The second-order valence-corrected chi connectivity index (χ2v) is 11.4. The smallest absolute Gasteiger partial charge is 0.0702 e. The van der Waals surface area contributed by atoms with E-state index in [0.717, 1.165) is 16.9 Å². The van der Waals surface area contributed by atoms with E-state index in [2.05, 4.69) is 149 Å². The first-order valence-electron chi connectivity index (χ1n) is 14.7. The van der Waals surface area contributed by atoms with E-state index < -0.39 is 0 Å². The highest BCUT2D eigenvalue weighted by Crippen LogP contribution is 2.53. The quantitative estimate of drug-likeness (QED) is 0.219. The van der Waals surface area contributed by atoms with Crippen molar-refractivity contribution in [3.8, 4) is 28.1 Å². The van der Waals surface area contributed by atoms with Crippen LogP contribution in [-0.4, -0.2) is 9.55 Å². The Labute approximate surface area is 249 Å². The Morgan fingerprint density at radius 3 is 2.16 bits per heavy atom. The van der Waals surface area contributed by atoms with E-state index >= 15 is 0 Å². The number of fused-ring (bicyclic) bond motifs is 5. The maximum absolute atomic E-state index is 4.66. The van der Waals surface area contributed by atoms with Crippen molar-refractivity contribution < 1.29 is 0 Å². The summed E-state index contributed by atoms with van der Waals surface area (Å²) in [5.41, 5.74) is 12.9. The van der Waals surface area contributed by atoms with Gasteiger partial charge in [0.05, 0.1) is 28.1 Å². The largest absolute Gasteiger partial charge is 0.309 e. The number of aryl methyl sites for hydroxylation is 1. The fourth-order valence-electron chi connectivity index (χ4n) is 6.91. The van der Waals surface area contributed by atoms with E-state index in [-0.39, 0.29) is 0 Å². The maximum atomic E-state index is 4.66. The van der Waals surface area contributed by atoms with Gasteiger partial charge in [0.25, 0.3) is 0 Å². The van der Waals surface area contributed by atoms with Gasteiger partial charge in [-0.05, 0) is 90.2 Å². The first-order chi connectivity index (χ1) is 21.2. The Kier molecular flexibility index (Phi) is 5.11. The van der Waals surface area contributed by atoms with Crippen molar-refractivity contribution in [1.29, 1.82) is 0 Å². The Hall–Kier alpha value is -5.67. The van der Waals surface area contributed by atoms with Crippen molar-refractivity contribution >= 4 is 49.6 Å². The third-order valence-electron chi connectivity index (χ3n) is 8.77. The molecule has 0 saturated carbocycles. The monoisotopic (exact) mass is 549 g/mol. The third-order valence-corrected chi connectivity index (χ3v) is 8.77. The predicted molar refractivity (Wildman–Crippen MR) is 180 cm³/mol.